The van der Waals surface area contributed by atoms with Gasteiger partial charge in [0.05, 0.1) is 17.3 Å². The fraction of sp³-hybridized carbons (Fsp3) is 0.235. The lowest BCUT2D eigenvalue weighted by molar-refractivity contribution is 0.0939. The molecule has 23 heavy (non-hydrogen) atoms. The van der Waals surface area contributed by atoms with E-state index in [2.05, 4.69) is 15.3 Å². The summed E-state index contributed by atoms with van der Waals surface area (Å²) >= 11 is 3.19. The van der Waals surface area contributed by atoms with Crippen molar-refractivity contribution in [2.45, 2.75) is 26.8 Å². The number of nitrogens with zero attached hydrogens (tertiary/aromatic N) is 2. The Morgan fingerprint density at radius 2 is 2.17 bits per heavy atom. The summed E-state index contributed by atoms with van der Waals surface area (Å²) in [5, 5.41) is 5.92. The maximum Gasteiger partial charge on any atom is 0.252 e. The SMILES string of the molecule is Cc1cc(C(=O)N[C@H](C)c2nc(-c3cccnc3)cs2)c(C)s1. The second kappa shape index (κ2) is 6.60. The van der Waals surface area contributed by atoms with Crippen LogP contribution in [-0.4, -0.2) is 15.9 Å². The van der Waals surface area contributed by atoms with E-state index in [1.807, 2.05) is 44.4 Å². The predicted octanol–water partition coefficient (Wildman–Crippen LogP) is 4.37. The average Bonchev–Trinajstić information content (AvgIpc) is 3.15. The Kier molecular flexibility index (Phi) is 4.54. The lowest BCUT2D eigenvalue weighted by atomic mass is 10.2. The molecule has 3 rings (SSSR count). The number of carbonyl (C=O) groups excluding carboxylic acids is 1. The second-order valence-electron chi connectivity index (χ2n) is 5.33. The van der Waals surface area contributed by atoms with Crippen LogP contribution >= 0.6 is 22.7 Å². The number of thiazole rings is 1. The molecule has 0 bridgehead atoms. The van der Waals surface area contributed by atoms with Gasteiger partial charge in [0, 0.05) is 33.1 Å². The number of nitrogens with one attached hydrogen (secondary N) is 1. The molecular weight excluding hydrogens is 326 g/mol. The third kappa shape index (κ3) is 3.48. The molecule has 6 heteroatoms. The van der Waals surface area contributed by atoms with Crippen LogP contribution in [0.3, 0.4) is 0 Å². The molecule has 3 heterocycles. The molecule has 0 aliphatic heterocycles. The quantitative estimate of drug-likeness (QED) is 0.765. The van der Waals surface area contributed by atoms with E-state index in [1.165, 1.54) is 0 Å². The Balaban J connectivity index is 1.74. The van der Waals surface area contributed by atoms with Gasteiger partial charge in [-0.1, -0.05) is 0 Å². The molecule has 4 nitrogen and oxygen atoms in total. The van der Waals surface area contributed by atoms with Gasteiger partial charge in [0.25, 0.3) is 5.91 Å². The molecule has 0 radical (unpaired) electrons. The molecule has 0 aromatic carbocycles. The summed E-state index contributed by atoms with van der Waals surface area (Å²) in [6.07, 6.45) is 3.53. The number of pyridine rings is 1. The zero-order valence-corrected chi connectivity index (χ0v) is 14.8. The first-order valence-corrected chi connectivity index (χ1v) is 8.98. The van der Waals surface area contributed by atoms with Crippen LogP contribution in [-0.2, 0) is 0 Å². The topological polar surface area (TPSA) is 54.9 Å². The zero-order chi connectivity index (χ0) is 16.4. The molecular formula is C17H17N3OS2. The van der Waals surface area contributed by atoms with Crippen LogP contribution < -0.4 is 5.32 Å². The molecule has 0 saturated heterocycles. The van der Waals surface area contributed by atoms with Crippen LogP contribution in [0.1, 0.15) is 38.1 Å². The van der Waals surface area contributed by atoms with Crippen LogP contribution in [0, 0.1) is 13.8 Å². The monoisotopic (exact) mass is 343 g/mol. The number of aryl methyl sites for hydroxylation is 2. The molecule has 1 amide bonds. The van der Waals surface area contributed by atoms with Crippen molar-refractivity contribution in [3.63, 3.8) is 0 Å². The maximum atomic E-state index is 12.4. The van der Waals surface area contributed by atoms with E-state index >= 15 is 0 Å². The number of hydrogen-bond donors (Lipinski definition) is 1. The summed E-state index contributed by atoms with van der Waals surface area (Å²) < 4.78 is 0. The van der Waals surface area contributed by atoms with Gasteiger partial charge in [0.15, 0.2) is 0 Å². The van der Waals surface area contributed by atoms with Gasteiger partial charge in [-0.15, -0.1) is 22.7 Å². The third-order valence-corrected chi connectivity index (χ3v) is 5.48. The van der Waals surface area contributed by atoms with E-state index in [0.29, 0.717) is 0 Å². The van der Waals surface area contributed by atoms with Crippen molar-refractivity contribution in [2.24, 2.45) is 0 Å². The van der Waals surface area contributed by atoms with Crippen molar-refractivity contribution in [1.29, 1.82) is 0 Å². The van der Waals surface area contributed by atoms with Crippen molar-refractivity contribution >= 4 is 28.6 Å². The number of aromatic nitrogens is 2. The molecule has 1 atom stereocenters. The summed E-state index contributed by atoms with van der Waals surface area (Å²) in [5.41, 5.74) is 2.63. The highest BCUT2D eigenvalue weighted by molar-refractivity contribution is 7.12. The number of thiophene rings is 1. The van der Waals surface area contributed by atoms with Gasteiger partial charge in [0.2, 0.25) is 0 Å². The zero-order valence-electron chi connectivity index (χ0n) is 13.2. The van der Waals surface area contributed by atoms with Crippen molar-refractivity contribution in [3.8, 4) is 11.3 Å². The summed E-state index contributed by atoms with van der Waals surface area (Å²) in [5.74, 6) is -0.0440. The molecule has 1 N–H and O–H groups in total. The summed E-state index contributed by atoms with van der Waals surface area (Å²) in [6, 6.07) is 5.68. The van der Waals surface area contributed by atoms with Crippen LogP contribution in [0.5, 0.6) is 0 Å². The van der Waals surface area contributed by atoms with Gasteiger partial charge < -0.3 is 5.32 Å². The maximum absolute atomic E-state index is 12.4. The second-order valence-corrected chi connectivity index (χ2v) is 7.68. The molecule has 0 aliphatic rings. The first kappa shape index (κ1) is 15.8. The highest BCUT2D eigenvalue weighted by Gasteiger charge is 2.17. The fourth-order valence-electron chi connectivity index (χ4n) is 2.33. The van der Waals surface area contributed by atoms with Gasteiger partial charge in [-0.25, -0.2) is 4.98 Å². The molecule has 0 unspecified atom stereocenters. The summed E-state index contributed by atoms with van der Waals surface area (Å²) in [4.78, 5) is 23.3. The lowest BCUT2D eigenvalue weighted by Crippen LogP contribution is -2.26. The Morgan fingerprint density at radius 1 is 1.35 bits per heavy atom. The largest absolute Gasteiger partial charge is 0.343 e. The normalized spacial score (nSPS) is 12.1. The smallest absolute Gasteiger partial charge is 0.252 e. The van der Waals surface area contributed by atoms with E-state index in [4.69, 9.17) is 0 Å². The van der Waals surface area contributed by atoms with Gasteiger partial charge in [0.1, 0.15) is 5.01 Å². The fourth-order valence-corrected chi connectivity index (χ4v) is 4.08. The average molecular weight is 343 g/mol. The standard InChI is InChI=1S/C17H17N3OS2/c1-10-7-14(12(3)23-10)16(21)19-11(2)17-20-15(9-22-17)13-5-4-6-18-8-13/h4-9,11H,1-3H3,(H,19,21)/t11-/m1/s1. The van der Waals surface area contributed by atoms with E-state index in [0.717, 1.165) is 31.6 Å². The molecule has 118 valence electrons. The predicted molar refractivity (Wildman–Crippen MR) is 95.0 cm³/mol. The van der Waals surface area contributed by atoms with E-state index in [9.17, 15) is 4.79 Å². The van der Waals surface area contributed by atoms with Crippen molar-refractivity contribution in [2.75, 3.05) is 0 Å². The van der Waals surface area contributed by atoms with Gasteiger partial charge >= 0.3 is 0 Å². The minimum atomic E-state index is -0.127. The first-order valence-electron chi connectivity index (χ1n) is 7.28. The van der Waals surface area contributed by atoms with Crippen LogP contribution in [0.2, 0.25) is 0 Å². The van der Waals surface area contributed by atoms with Gasteiger partial charge in [-0.05, 0) is 39.0 Å². The van der Waals surface area contributed by atoms with Gasteiger partial charge in [-0.3, -0.25) is 9.78 Å². The number of rotatable bonds is 4. The Hall–Kier alpha value is -2.05. The molecule has 0 aliphatic carbocycles. The number of amides is 1. The Bertz CT molecular complexity index is 823. The Labute approximate surface area is 143 Å². The minimum absolute atomic E-state index is 0.0440. The van der Waals surface area contributed by atoms with Crippen molar-refractivity contribution in [3.05, 3.63) is 56.3 Å². The molecule has 3 aromatic heterocycles. The molecule has 3 aromatic rings. The summed E-state index contributed by atoms with van der Waals surface area (Å²) in [6.45, 7) is 5.94. The van der Waals surface area contributed by atoms with E-state index < -0.39 is 0 Å². The first-order chi connectivity index (χ1) is 11.0. The highest BCUT2D eigenvalue weighted by Crippen LogP contribution is 2.26. The number of hydrogen-bond acceptors (Lipinski definition) is 5. The van der Waals surface area contributed by atoms with E-state index in [1.54, 1.807) is 35.1 Å². The van der Waals surface area contributed by atoms with Crippen LogP contribution in [0.4, 0.5) is 0 Å². The Morgan fingerprint density at radius 3 is 2.83 bits per heavy atom. The molecule has 0 fully saturated rings. The number of carbonyl (C=O) groups is 1. The summed E-state index contributed by atoms with van der Waals surface area (Å²) in [7, 11) is 0. The van der Waals surface area contributed by atoms with Gasteiger partial charge in [-0.2, -0.15) is 0 Å². The third-order valence-electron chi connectivity index (χ3n) is 3.48. The minimum Gasteiger partial charge on any atom is -0.343 e. The lowest BCUT2D eigenvalue weighted by Gasteiger charge is -2.11. The molecule has 0 saturated carbocycles. The highest BCUT2D eigenvalue weighted by atomic mass is 32.1. The van der Waals surface area contributed by atoms with Crippen LogP contribution in [0.15, 0.2) is 36.0 Å². The van der Waals surface area contributed by atoms with Crippen LogP contribution in [0.25, 0.3) is 11.3 Å². The molecule has 0 spiro atoms. The van der Waals surface area contributed by atoms with Crippen molar-refractivity contribution < 1.29 is 4.79 Å². The van der Waals surface area contributed by atoms with Crippen molar-refractivity contribution in [1.82, 2.24) is 15.3 Å². The van der Waals surface area contributed by atoms with E-state index in [-0.39, 0.29) is 11.9 Å².